The first-order valence-corrected chi connectivity index (χ1v) is 10.6. The average molecular weight is 372 g/mol. The van der Waals surface area contributed by atoms with Crippen molar-refractivity contribution >= 4 is 22.4 Å². The van der Waals surface area contributed by atoms with Crippen LogP contribution in [0.4, 0.5) is 5.13 Å². The molecule has 1 saturated carbocycles. The molecule has 0 spiro atoms. The standard InChI is InChI=1S/C21H29N3OS/c1-15(22-16(2)25)8-9-17-10-12-18(13-11-17)20-14-26-21(24-20)23-19-6-4-3-5-7-19/h10-15,19H,3-9H2,1-2H3,(H,22,25)(H,23,24). The van der Waals surface area contributed by atoms with Gasteiger partial charge in [-0.1, -0.05) is 43.5 Å². The summed E-state index contributed by atoms with van der Waals surface area (Å²) in [7, 11) is 0. The molecule has 0 aliphatic heterocycles. The summed E-state index contributed by atoms with van der Waals surface area (Å²) < 4.78 is 0. The van der Waals surface area contributed by atoms with Crippen LogP contribution >= 0.6 is 11.3 Å². The number of carbonyl (C=O) groups excluding carboxylic acids is 1. The van der Waals surface area contributed by atoms with Crippen LogP contribution in [-0.4, -0.2) is 23.0 Å². The molecular formula is C21H29N3OS. The number of anilines is 1. The van der Waals surface area contributed by atoms with E-state index in [0.29, 0.717) is 6.04 Å². The second kappa shape index (κ2) is 9.17. The predicted molar refractivity (Wildman–Crippen MR) is 110 cm³/mol. The molecular weight excluding hydrogens is 342 g/mol. The highest BCUT2D eigenvalue weighted by Crippen LogP contribution is 2.28. The van der Waals surface area contributed by atoms with Crippen LogP contribution in [0.5, 0.6) is 0 Å². The molecule has 140 valence electrons. The Balaban J connectivity index is 1.54. The van der Waals surface area contributed by atoms with Crippen LogP contribution in [-0.2, 0) is 11.2 Å². The molecule has 1 aliphatic rings. The SMILES string of the molecule is CC(=O)NC(C)CCc1ccc(-c2csc(NC3CCCCC3)n2)cc1. The van der Waals surface area contributed by atoms with Crippen LogP contribution in [0.2, 0.25) is 0 Å². The fourth-order valence-electron chi connectivity index (χ4n) is 3.54. The Kier molecular flexibility index (Phi) is 6.67. The number of benzene rings is 1. The van der Waals surface area contributed by atoms with Crippen LogP contribution < -0.4 is 10.6 Å². The summed E-state index contributed by atoms with van der Waals surface area (Å²) >= 11 is 1.70. The summed E-state index contributed by atoms with van der Waals surface area (Å²) in [4.78, 5) is 15.8. The Morgan fingerprint density at radius 1 is 1.23 bits per heavy atom. The summed E-state index contributed by atoms with van der Waals surface area (Å²) in [5.41, 5.74) is 3.50. The molecule has 5 heteroatoms. The number of nitrogens with one attached hydrogen (secondary N) is 2. The lowest BCUT2D eigenvalue weighted by atomic mass is 9.96. The smallest absolute Gasteiger partial charge is 0.217 e. The third-order valence-electron chi connectivity index (χ3n) is 5.00. The zero-order chi connectivity index (χ0) is 18.4. The molecule has 0 bridgehead atoms. The van der Waals surface area contributed by atoms with Gasteiger partial charge in [0.25, 0.3) is 0 Å². The van der Waals surface area contributed by atoms with E-state index in [4.69, 9.17) is 4.98 Å². The highest BCUT2D eigenvalue weighted by Gasteiger charge is 2.14. The maximum atomic E-state index is 11.1. The minimum Gasteiger partial charge on any atom is -0.359 e. The normalized spacial score (nSPS) is 16.2. The van der Waals surface area contributed by atoms with Gasteiger partial charge in [0.2, 0.25) is 5.91 Å². The van der Waals surface area contributed by atoms with Crippen LogP contribution in [0, 0.1) is 0 Å². The van der Waals surface area contributed by atoms with Crippen LogP contribution in [0.25, 0.3) is 11.3 Å². The van der Waals surface area contributed by atoms with Gasteiger partial charge in [-0.05, 0) is 38.2 Å². The van der Waals surface area contributed by atoms with E-state index in [0.717, 1.165) is 29.2 Å². The first kappa shape index (κ1) is 18.9. The minimum absolute atomic E-state index is 0.0361. The van der Waals surface area contributed by atoms with Gasteiger partial charge in [0.05, 0.1) is 5.69 Å². The summed E-state index contributed by atoms with van der Waals surface area (Å²) in [5.74, 6) is 0.0361. The van der Waals surface area contributed by atoms with E-state index < -0.39 is 0 Å². The van der Waals surface area contributed by atoms with Gasteiger partial charge in [0, 0.05) is 30.0 Å². The van der Waals surface area contributed by atoms with Gasteiger partial charge in [-0.25, -0.2) is 4.98 Å². The van der Waals surface area contributed by atoms with Crippen molar-refractivity contribution in [3.63, 3.8) is 0 Å². The zero-order valence-corrected chi connectivity index (χ0v) is 16.6. The molecule has 1 heterocycles. The average Bonchev–Trinajstić information content (AvgIpc) is 3.09. The van der Waals surface area contributed by atoms with Crippen molar-refractivity contribution in [2.24, 2.45) is 0 Å². The van der Waals surface area contributed by atoms with E-state index in [9.17, 15) is 4.79 Å². The van der Waals surface area contributed by atoms with E-state index >= 15 is 0 Å². The van der Waals surface area contributed by atoms with Gasteiger partial charge in [-0.2, -0.15) is 0 Å². The number of rotatable bonds is 7. The monoisotopic (exact) mass is 371 g/mol. The molecule has 1 aromatic heterocycles. The highest BCUT2D eigenvalue weighted by atomic mass is 32.1. The van der Waals surface area contributed by atoms with Gasteiger partial charge in [0.1, 0.15) is 0 Å². The van der Waals surface area contributed by atoms with Crippen LogP contribution in [0.15, 0.2) is 29.6 Å². The molecule has 2 N–H and O–H groups in total. The van der Waals surface area contributed by atoms with Crippen LogP contribution in [0.3, 0.4) is 0 Å². The summed E-state index contributed by atoms with van der Waals surface area (Å²) in [6.45, 7) is 3.61. The molecule has 1 unspecified atom stereocenters. The number of hydrogen-bond donors (Lipinski definition) is 2. The predicted octanol–water partition coefficient (Wildman–Crippen LogP) is 5.01. The number of carbonyl (C=O) groups is 1. The topological polar surface area (TPSA) is 54.0 Å². The molecule has 1 aliphatic carbocycles. The largest absolute Gasteiger partial charge is 0.359 e. The van der Waals surface area contributed by atoms with Gasteiger partial charge < -0.3 is 10.6 Å². The van der Waals surface area contributed by atoms with Crippen molar-refractivity contribution in [3.8, 4) is 11.3 Å². The van der Waals surface area contributed by atoms with Crippen molar-refractivity contribution in [2.75, 3.05) is 5.32 Å². The van der Waals surface area contributed by atoms with Crippen LogP contribution in [0.1, 0.15) is 57.9 Å². The second-order valence-electron chi connectivity index (χ2n) is 7.35. The summed E-state index contributed by atoms with van der Waals surface area (Å²) in [6, 6.07) is 9.44. The first-order chi connectivity index (χ1) is 12.6. The van der Waals surface area contributed by atoms with Gasteiger partial charge in [0.15, 0.2) is 5.13 Å². The van der Waals surface area contributed by atoms with Gasteiger partial charge >= 0.3 is 0 Å². The maximum absolute atomic E-state index is 11.1. The second-order valence-corrected chi connectivity index (χ2v) is 8.21. The van der Waals surface area contributed by atoms with Gasteiger partial charge in [-0.15, -0.1) is 11.3 Å². The lowest BCUT2D eigenvalue weighted by molar-refractivity contribution is -0.119. The van der Waals surface area contributed by atoms with E-state index in [1.165, 1.54) is 37.7 Å². The number of nitrogens with zero attached hydrogens (tertiary/aromatic N) is 1. The molecule has 1 fully saturated rings. The van der Waals surface area contributed by atoms with E-state index in [1.807, 2.05) is 6.92 Å². The molecule has 26 heavy (non-hydrogen) atoms. The van der Waals surface area contributed by atoms with E-state index in [1.54, 1.807) is 18.3 Å². The number of aryl methyl sites for hydroxylation is 1. The lowest BCUT2D eigenvalue weighted by Gasteiger charge is -2.22. The molecule has 2 aromatic rings. The van der Waals surface area contributed by atoms with Crippen molar-refractivity contribution in [1.82, 2.24) is 10.3 Å². The molecule has 1 aromatic carbocycles. The Labute approximate surface area is 160 Å². The molecule has 0 saturated heterocycles. The molecule has 3 rings (SSSR count). The number of thiazole rings is 1. The Morgan fingerprint density at radius 2 is 1.96 bits per heavy atom. The lowest BCUT2D eigenvalue weighted by Crippen LogP contribution is -2.30. The van der Waals surface area contributed by atoms with E-state index in [2.05, 4.69) is 40.3 Å². The fourth-order valence-corrected chi connectivity index (χ4v) is 4.34. The minimum atomic E-state index is 0.0361. The number of hydrogen-bond acceptors (Lipinski definition) is 4. The van der Waals surface area contributed by atoms with Crippen molar-refractivity contribution < 1.29 is 4.79 Å². The highest BCUT2D eigenvalue weighted by molar-refractivity contribution is 7.14. The Morgan fingerprint density at radius 3 is 2.65 bits per heavy atom. The third-order valence-corrected chi connectivity index (χ3v) is 5.78. The zero-order valence-electron chi connectivity index (χ0n) is 15.8. The Hall–Kier alpha value is -1.88. The van der Waals surface area contributed by atoms with Gasteiger partial charge in [-0.3, -0.25) is 4.79 Å². The van der Waals surface area contributed by atoms with Crippen molar-refractivity contribution in [3.05, 3.63) is 35.2 Å². The third kappa shape index (κ3) is 5.56. The molecule has 4 nitrogen and oxygen atoms in total. The molecule has 0 radical (unpaired) electrons. The first-order valence-electron chi connectivity index (χ1n) is 9.68. The maximum Gasteiger partial charge on any atom is 0.217 e. The quantitative estimate of drug-likeness (QED) is 0.719. The Bertz CT molecular complexity index is 704. The molecule has 1 amide bonds. The number of aromatic nitrogens is 1. The summed E-state index contributed by atoms with van der Waals surface area (Å²) in [6.07, 6.45) is 8.48. The van der Waals surface area contributed by atoms with E-state index in [-0.39, 0.29) is 11.9 Å². The molecule has 1 atom stereocenters. The van der Waals surface area contributed by atoms with Crippen molar-refractivity contribution in [1.29, 1.82) is 0 Å². The van der Waals surface area contributed by atoms with Crippen molar-refractivity contribution in [2.45, 2.75) is 70.9 Å². The number of amides is 1. The fraction of sp³-hybridized carbons (Fsp3) is 0.524. The summed E-state index contributed by atoms with van der Waals surface area (Å²) in [5, 5.41) is 9.72.